The molecule has 9 heteroatoms. The van der Waals surface area contributed by atoms with Crippen LogP contribution >= 0.6 is 0 Å². The summed E-state index contributed by atoms with van der Waals surface area (Å²) < 4.78 is 57.5. The molecule has 1 aromatic heterocycles. The summed E-state index contributed by atoms with van der Waals surface area (Å²) in [7, 11) is 1.69. The van der Waals surface area contributed by atoms with Gasteiger partial charge in [-0.25, -0.2) is 4.39 Å². The maximum absolute atomic E-state index is 13.4. The molecular formula is C11H10BF4KN2O. The summed E-state index contributed by atoms with van der Waals surface area (Å²) in [5, 5.41) is 3.87. The summed E-state index contributed by atoms with van der Waals surface area (Å²) in [6.07, 6.45) is 3.13. The molecule has 0 aliphatic carbocycles. The summed E-state index contributed by atoms with van der Waals surface area (Å²) in [5.74, 6) is -1.24. The monoisotopic (exact) mass is 312 g/mol. The van der Waals surface area contributed by atoms with Crippen molar-refractivity contribution < 1.29 is 73.5 Å². The average Bonchev–Trinajstić information content (AvgIpc) is 2.72. The van der Waals surface area contributed by atoms with Gasteiger partial charge in [-0.2, -0.15) is 5.10 Å². The molecule has 2 rings (SSSR count). The second kappa shape index (κ2) is 7.08. The van der Waals surface area contributed by atoms with Crippen LogP contribution in [0.15, 0.2) is 30.6 Å². The zero-order valence-electron chi connectivity index (χ0n) is 11.0. The summed E-state index contributed by atoms with van der Waals surface area (Å²) in [5.41, 5.74) is -0.243. The number of ether oxygens (including phenoxy) is 1. The molecule has 20 heavy (non-hydrogen) atoms. The minimum absolute atomic E-state index is 0. The van der Waals surface area contributed by atoms with E-state index in [1.807, 2.05) is 0 Å². The van der Waals surface area contributed by atoms with Gasteiger partial charge in [0, 0.05) is 18.8 Å². The van der Waals surface area contributed by atoms with E-state index in [0.717, 1.165) is 6.07 Å². The zero-order valence-corrected chi connectivity index (χ0v) is 14.1. The van der Waals surface area contributed by atoms with E-state index in [0.29, 0.717) is 17.7 Å². The maximum atomic E-state index is 13.4. The molecule has 3 nitrogen and oxygen atoms in total. The summed E-state index contributed by atoms with van der Waals surface area (Å²) in [4.78, 5) is 0. The van der Waals surface area contributed by atoms with Gasteiger partial charge in [0.2, 0.25) is 0 Å². The van der Waals surface area contributed by atoms with Crippen LogP contribution in [0.1, 0.15) is 5.56 Å². The Hall–Kier alpha value is -0.349. The Morgan fingerprint density at radius 2 is 2.00 bits per heavy atom. The van der Waals surface area contributed by atoms with Gasteiger partial charge in [-0.05, 0) is 12.1 Å². The van der Waals surface area contributed by atoms with Gasteiger partial charge in [0.15, 0.2) is 11.6 Å². The van der Waals surface area contributed by atoms with Crippen molar-refractivity contribution in [2.45, 2.75) is 6.61 Å². The minimum atomic E-state index is -5.17. The largest absolute Gasteiger partial charge is 1.00 e. The maximum Gasteiger partial charge on any atom is 1.00 e. The molecule has 0 saturated heterocycles. The van der Waals surface area contributed by atoms with Gasteiger partial charge in [-0.15, -0.1) is 5.46 Å². The van der Waals surface area contributed by atoms with Gasteiger partial charge in [0.05, 0.1) is 6.20 Å². The van der Waals surface area contributed by atoms with E-state index in [1.165, 1.54) is 10.9 Å². The van der Waals surface area contributed by atoms with Gasteiger partial charge in [0.25, 0.3) is 0 Å². The first-order valence-corrected chi connectivity index (χ1v) is 5.46. The van der Waals surface area contributed by atoms with E-state index in [2.05, 4.69) is 5.10 Å². The van der Waals surface area contributed by atoms with E-state index in [9.17, 15) is 17.3 Å². The van der Waals surface area contributed by atoms with Crippen LogP contribution in [0.25, 0.3) is 0 Å². The molecule has 0 aliphatic heterocycles. The normalized spacial score (nSPS) is 11.1. The Morgan fingerprint density at radius 3 is 2.55 bits per heavy atom. The van der Waals surface area contributed by atoms with Crippen LogP contribution in [-0.2, 0) is 13.7 Å². The summed E-state index contributed by atoms with van der Waals surface area (Å²) in [6, 6.07) is 2.13. The molecule has 0 fully saturated rings. The molecule has 0 saturated carbocycles. The number of halogens is 4. The molecule has 0 atom stereocenters. The van der Waals surface area contributed by atoms with Crippen molar-refractivity contribution in [2.75, 3.05) is 0 Å². The van der Waals surface area contributed by atoms with Crippen molar-refractivity contribution in [3.63, 3.8) is 0 Å². The fraction of sp³-hybridized carbons (Fsp3) is 0.182. The van der Waals surface area contributed by atoms with Gasteiger partial charge in [-0.1, -0.05) is 6.07 Å². The van der Waals surface area contributed by atoms with E-state index >= 15 is 0 Å². The van der Waals surface area contributed by atoms with Crippen molar-refractivity contribution in [3.05, 3.63) is 42.0 Å². The van der Waals surface area contributed by atoms with Crippen molar-refractivity contribution in [1.82, 2.24) is 9.78 Å². The molecule has 0 bridgehead atoms. The number of hydrogen-bond acceptors (Lipinski definition) is 2. The van der Waals surface area contributed by atoms with E-state index in [4.69, 9.17) is 4.74 Å². The van der Waals surface area contributed by atoms with Gasteiger partial charge < -0.3 is 17.7 Å². The quantitative estimate of drug-likeness (QED) is 0.546. The Balaban J connectivity index is 0.00000200. The van der Waals surface area contributed by atoms with Gasteiger partial charge in [0.1, 0.15) is 6.61 Å². The molecule has 1 heterocycles. The summed E-state index contributed by atoms with van der Waals surface area (Å²) >= 11 is 0. The molecule has 1 aromatic carbocycles. The zero-order chi connectivity index (χ0) is 14.0. The Morgan fingerprint density at radius 1 is 1.30 bits per heavy atom. The Bertz CT molecular complexity index is 588. The second-order valence-corrected chi connectivity index (χ2v) is 4.08. The predicted octanol–water partition coefficient (Wildman–Crippen LogP) is -0.803. The van der Waals surface area contributed by atoms with Crippen molar-refractivity contribution in [3.8, 4) is 5.75 Å². The number of benzene rings is 1. The standard InChI is InChI=1S/C11H10BF4N2O.K/c1-18-6-8(5-17-18)7-19-11-4-9(12(14,15)16)2-3-10(11)13;/h2-6H,7H2,1H3;/q-1;+1. The molecule has 0 amide bonds. The third kappa shape index (κ3) is 4.59. The first-order chi connectivity index (χ1) is 8.86. The molecule has 0 spiro atoms. The van der Waals surface area contributed by atoms with E-state index < -0.39 is 24.0 Å². The average molecular weight is 312 g/mol. The summed E-state index contributed by atoms with van der Waals surface area (Å²) in [6.45, 7) is -5.21. The third-order valence-corrected chi connectivity index (χ3v) is 2.49. The minimum Gasteiger partial charge on any atom is -0.486 e. The number of hydrogen-bond donors (Lipinski definition) is 0. The number of aryl methyl sites for hydroxylation is 1. The molecule has 102 valence electrons. The van der Waals surface area contributed by atoms with Gasteiger partial charge >= 0.3 is 58.4 Å². The van der Waals surface area contributed by atoms with Crippen LogP contribution in [0.4, 0.5) is 17.3 Å². The molecule has 0 aliphatic rings. The molecular weight excluding hydrogens is 302 g/mol. The number of rotatable bonds is 4. The van der Waals surface area contributed by atoms with E-state index in [1.54, 1.807) is 13.2 Å². The first-order valence-electron chi connectivity index (χ1n) is 5.46. The number of aromatic nitrogens is 2. The fourth-order valence-electron chi connectivity index (χ4n) is 1.54. The molecule has 2 aromatic rings. The predicted molar refractivity (Wildman–Crippen MR) is 62.7 cm³/mol. The van der Waals surface area contributed by atoms with Crippen LogP contribution in [-0.4, -0.2) is 16.8 Å². The van der Waals surface area contributed by atoms with Crippen LogP contribution in [0.2, 0.25) is 0 Å². The fourth-order valence-corrected chi connectivity index (χ4v) is 1.54. The molecule has 0 unspecified atom stereocenters. The SMILES string of the molecule is Cn1cc(COc2cc([B-](F)(F)F)ccc2F)cn1.[K+]. The van der Waals surface area contributed by atoms with Crippen LogP contribution < -0.4 is 61.6 Å². The van der Waals surface area contributed by atoms with Crippen molar-refractivity contribution in [1.29, 1.82) is 0 Å². The Labute approximate surface area is 155 Å². The Kier molecular flexibility index (Phi) is 6.27. The van der Waals surface area contributed by atoms with Gasteiger partial charge in [-0.3, -0.25) is 4.68 Å². The first kappa shape index (κ1) is 17.7. The van der Waals surface area contributed by atoms with Crippen LogP contribution in [0, 0.1) is 5.82 Å². The van der Waals surface area contributed by atoms with E-state index in [-0.39, 0.29) is 58.0 Å². The van der Waals surface area contributed by atoms with Crippen LogP contribution in [0.3, 0.4) is 0 Å². The molecule has 0 N–H and O–H groups in total. The third-order valence-electron chi connectivity index (χ3n) is 2.49. The second-order valence-electron chi connectivity index (χ2n) is 4.08. The van der Waals surface area contributed by atoms with Crippen LogP contribution in [0.5, 0.6) is 5.75 Å². The number of nitrogens with zero attached hydrogens (tertiary/aromatic N) is 2. The topological polar surface area (TPSA) is 27.1 Å². The smallest absolute Gasteiger partial charge is 0.486 e. The van der Waals surface area contributed by atoms with Crippen molar-refractivity contribution in [2.24, 2.45) is 7.05 Å². The molecule has 0 radical (unpaired) electrons. The van der Waals surface area contributed by atoms with Crippen molar-refractivity contribution >= 4 is 12.4 Å².